The van der Waals surface area contributed by atoms with Gasteiger partial charge in [0.1, 0.15) is 0 Å². The normalized spacial score (nSPS) is 14.6. The number of anilines is 1. The molecule has 148 valence electrons. The maximum Gasteiger partial charge on any atom is 0.251 e. The van der Waals surface area contributed by atoms with Crippen LogP contribution < -0.4 is 10.2 Å². The van der Waals surface area contributed by atoms with Gasteiger partial charge in [-0.1, -0.05) is 42.0 Å². The molecule has 1 aliphatic rings. The summed E-state index contributed by atoms with van der Waals surface area (Å²) in [5, 5.41) is 3.06. The first-order valence-corrected chi connectivity index (χ1v) is 10.1. The summed E-state index contributed by atoms with van der Waals surface area (Å²) in [6.07, 6.45) is 6.12. The average molecular weight is 386 g/mol. The van der Waals surface area contributed by atoms with E-state index in [0.717, 1.165) is 35.7 Å². The Kier molecular flexibility index (Phi) is 5.56. The minimum absolute atomic E-state index is 0.0469. The van der Waals surface area contributed by atoms with Crippen molar-refractivity contribution in [1.29, 1.82) is 0 Å². The molecule has 3 aromatic rings. The van der Waals surface area contributed by atoms with Crippen molar-refractivity contribution < 1.29 is 4.79 Å². The van der Waals surface area contributed by atoms with Crippen LogP contribution in [0.1, 0.15) is 47.3 Å². The fraction of sp³-hybridized carbons (Fsp3) is 0.292. The molecule has 2 heterocycles. The Balaban J connectivity index is 1.41. The van der Waals surface area contributed by atoms with Crippen LogP contribution in [0, 0.1) is 6.92 Å². The number of aromatic nitrogens is 2. The van der Waals surface area contributed by atoms with Crippen LogP contribution in [0.5, 0.6) is 0 Å². The quantitative estimate of drug-likeness (QED) is 0.699. The lowest BCUT2D eigenvalue weighted by molar-refractivity contribution is 0.0940. The summed E-state index contributed by atoms with van der Waals surface area (Å²) >= 11 is 0. The minimum atomic E-state index is -0.0785. The summed E-state index contributed by atoms with van der Waals surface area (Å²) in [6.45, 7) is 6.12. The average Bonchev–Trinajstić information content (AvgIpc) is 3.29. The van der Waals surface area contributed by atoms with Crippen molar-refractivity contribution in [2.45, 2.75) is 32.7 Å². The third-order valence-corrected chi connectivity index (χ3v) is 5.43. The molecule has 1 fully saturated rings. The first kappa shape index (κ1) is 19.1. The zero-order chi connectivity index (χ0) is 20.2. The lowest BCUT2D eigenvalue weighted by Gasteiger charge is -2.15. The number of aryl methyl sites for hydroxylation is 1. The number of benzene rings is 2. The second-order valence-electron chi connectivity index (χ2n) is 7.65. The molecule has 1 atom stereocenters. The van der Waals surface area contributed by atoms with Gasteiger partial charge in [0.2, 0.25) is 5.95 Å². The van der Waals surface area contributed by atoms with Gasteiger partial charge in [-0.25, -0.2) is 9.97 Å². The molecule has 0 aliphatic carbocycles. The molecule has 2 aromatic carbocycles. The molecular weight excluding hydrogens is 360 g/mol. The Hall–Kier alpha value is -3.21. The topological polar surface area (TPSA) is 58.1 Å². The third-order valence-electron chi connectivity index (χ3n) is 5.43. The molecule has 29 heavy (non-hydrogen) atoms. The first-order valence-electron chi connectivity index (χ1n) is 10.1. The van der Waals surface area contributed by atoms with Crippen LogP contribution in [0.25, 0.3) is 11.1 Å². The van der Waals surface area contributed by atoms with E-state index >= 15 is 0 Å². The minimum Gasteiger partial charge on any atom is -0.346 e. The Bertz CT molecular complexity index is 959. The van der Waals surface area contributed by atoms with Crippen LogP contribution in [0.15, 0.2) is 60.9 Å². The fourth-order valence-electron chi connectivity index (χ4n) is 3.58. The van der Waals surface area contributed by atoms with Crippen molar-refractivity contribution in [1.82, 2.24) is 15.3 Å². The van der Waals surface area contributed by atoms with E-state index in [1.807, 2.05) is 43.6 Å². The van der Waals surface area contributed by atoms with Gasteiger partial charge in [0, 0.05) is 36.6 Å². The summed E-state index contributed by atoms with van der Waals surface area (Å²) in [7, 11) is 0. The van der Waals surface area contributed by atoms with E-state index in [2.05, 4.69) is 51.4 Å². The summed E-state index contributed by atoms with van der Waals surface area (Å²) in [5.74, 6) is 0.720. The van der Waals surface area contributed by atoms with Crippen molar-refractivity contribution in [3.05, 3.63) is 77.6 Å². The number of carbonyl (C=O) groups is 1. The molecule has 0 spiro atoms. The number of hydrogen-bond acceptors (Lipinski definition) is 4. The lowest BCUT2D eigenvalue weighted by Crippen LogP contribution is -2.26. The molecule has 0 saturated carbocycles. The SMILES string of the molecule is Cc1ccc([C@@H](C)NC(=O)c2ccc(-c3cnc(N4CCCC4)nc3)cc2)cc1. The second kappa shape index (κ2) is 8.43. The van der Waals surface area contributed by atoms with Gasteiger partial charge in [0.25, 0.3) is 5.91 Å². The lowest BCUT2D eigenvalue weighted by atomic mass is 10.0. The maximum absolute atomic E-state index is 12.6. The summed E-state index contributed by atoms with van der Waals surface area (Å²) in [4.78, 5) is 23.8. The molecule has 0 radical (unpaired) electrons. The third kappa shape index (κ3) is 4.45. The smallest absolute Gasteiger partial charge is 0.251 e. The molecule has 1 saturated heterocycles. The molecule has 5 heteroatoms. The van der Waals surface area contributed by atoms with E-state index in [0.29, 0.717) is 5.56 Å². The fourth-order valence-corrected chi connectivity index (χ4v) is 3.58. The van der Waals surface area contributed by atoms with Crippen LogP contribution in [0.4, 0.5) is 5.95 Å². The van der Waals surface area contributed by atoms with Crippen molar-refractivity contribution in [3.8, 4) is 11.1 Å². The number of nitrogens with one attached hydrogen (secondary N) is 1. The van der Waals surface area contributed by atoms with Gasteiger partial charge in [-0.15, -0.1) is 0 Å². The number of carbonyl (C=O) groups excluding carboxylic acids is 1. The van der Waals surface area contributed by atoms with Gasteiger partial charge >= 0.3 is 0 Å². The van der Waals surface area contributed by atoms with Crippen molar-refractivity contribution in [3.63, 3.8) is 0 Å². The molecule has 1 N–H and O–H groups in total. The molecule has 1 aliphatic heterocycles. The number of nitrogens with zero attached hydrogens (tertiary/aromatic N) is 3. The molecule has 0 bridgehead atoms. The molecule has 4 rings (SSSR count). The van der Waals surface area contributed by atoms with Gasteiger partial charge in [-0.2, -0.15) is 0 Å². The van der Waals surface area contributed by atoms with E-state index in [9.17, 15) is 4.79 Å². The number of hydrogen-bond donors (Lipinski definition) is 1. The molecular formula is C24H26N4O. The highest BCUT2D eigenvalue weighted by Crippen LogP contribution is 2.22. The van der Waals surface area contributed by atoms with Gasteiger partial charge in [0.15, 0.2) is 0 Å². The van der Waals surface area contributed by atoms with Gasteiger partial charge < -0.3 is 10.2 Å². The van der Waals surface area contributed by atoms with Gasteiger partial charge in [-0.05, 0) is 49.9 Å². The van der Waals surface area contributed by atoms with Crippen LogP contribution in [0.3, 0.4) is 0 Å². The summed E-state index contributed by atoms with van der Waals surface area (Å²) in [6, 6.07) is 15.8. The van der Waals surface area contributed by atoms with Gasteiger partial charge in [-0.3, -0.25) is 4.79 Å². The zero-order valence-electron chi connectivity index (χ0n) is 16.9. The monoisotopic (exact) mass is 386 g/mol. The highest BCUT2D eigenvalue weighted by atomic mass is 16.1. The highest BCUT2D eigenvalue weighted by Gasteiger charge is 2.15. The van der Waals surface area contributed by atoms with Crippen molar-refractivity contribution in [2.75, 3.05) is 18.0 Å². The van der Waals surface area contributed by atoms with Gasteiger partial charge in [0.05, 0.1) is 6.04 Å². The standard InChI is InChI=1S/C24H26N4O/c1-17-5-7-19(8-6-17)18(2)27-23(29)21-11-9-20(10-12-21)22-15-25-24(26-16-22)28-13-3-4-14-28/h5-12,15-16,18H,3-4,13-14H2,1-2H3,(H,27,29)/t18-/m1/s1. The Labute approximate surface area is 171 Å². The maximum atomic E-state index is 12.6. The van der Waals surface area contributed by atoms with Crippen LogP contribution in [-0.4, -0.2) is 29.0 Å². The van der Waals surface area contributed by atoms with Crippen LogP contribution in [-0.2, 0) is 0 Å². The Morgan fingerprint density at radius 2 is 1.55 bits per heavy atom. The second-order valence-corrected chi connectivity index (χ2v) is 7.65. The first-order chi connectivity index (χ1) is 14.1. The number of rotatable bonds is 5. The van der Waals surface area contributed by atoms with Crippen molar-refractivity contribution in [2.24, 2.45) is 0 Å². The van der Waals surface area contributed by atoms with Crippen LogP contribution in [0.2, 0.25) is 0 Å². The summed E-state index contributed by atoms with van der Waals surface area (Å²) in [5.41, 5.74) is 4.90. The molecule has 1 aromatic heterocycles. The van der Waals surface area contributed by atoms with E-state index in [1.54, 1.807) is 0 Å². The van der Waals surface area contributed by atoms with Crippen molar-refractivity contribution >= 4 is 11.9 Å². The molecule has 5 nitrogen and oxygen atoms in total. The predicted molar refractivity (Wildman–Crippen MR) is 116 cm³/mol. The Morgan fingerprint density at radius 3 is 2.17 bits per heavy atom. The predicted octanol–water partition coefficient (Wildman–Crippen LogP) is 4.54. The largest absolute Gasteiger partial charge is 0.346 e. The van der Waals surface area contributed by atoms with E-state index in [-0.39, 0.29) is 11.9 Å². The zero-order valence-corrected chi connectivity index (χ0v) is 16.9. The van der Waals surface area contributed by atoms with Crippen LogP contribution >= 0.6 is 0 Å². The summed E-state index contributed by atoms with van der Waals surface area (Å²) < 4.78 is 0. The Morgan fingerprint density at radius 1 is 0.931 bits per heavy atom. The van der Waals surface area contributed by atoms with E-state index in [4.69, 9.17) is 0 Å². The number of amides is 1. The molecule has 1 amide bonds. The van der Waals surface area contributed by atoms with E-state index in [1.165, 1.54) is 18.4 Å². The highest BCUT2D eigenvalue weighted by molar-refractivity contribution is 5.94. The van der Waals surface area contributed by atoms with E-state index < -0.39 is 0 Å². The molecule has 0 unspecified atom stereocenters.